The van der Waals surface area contributed by atoms with Gasteiger partial charge in [0.2, 0.25) is 0 Å². The van der Waals surface area contributed by atoms with Crippen molar-refractivity contribution in [1.29, 1.82) is 0 Å². The fourth-order valence-electron chi connectivity index (χ4n) is 16.0. The maximum atomic E-state index is 2.68. The molecule has 370 valence electrons. The van der Waals surface area contributed by atoms with E-state index in [0.717, 1.165) is 0 Å². The van der Waals surface area contributed by atoms with Crippen molar-refractivity contribution in [3.63, 3.8) is 0 Å². The highest BCUT2D eigenvalue weighted by atomic mass is 15.3. The molecule has 4 aliphatic rings. The average Bonchev–Trinajstić information content (AvgIpc) is 3.87. The molecule has 0 amide bonds. The van der Waals surface area contributed by atoms with E-state index >= 15 is 0 Å². The molecule has 2 nitrogen and oxygen atoms in total. The van der Waals surface area contributed by atoms with Gasteiger partial charge < -0.3 is 9.80 Å². The molecule has 2 heterocycles. The van der Waals surface area contributed by atoms with Crippen LogP contribution in [0.25, 0.3) is 87.6 Å². The summed E-state index contributed by atoms with van der Waals surface area (Å²) in [4.78, 5) is 5.37. The Labute approximate surface area is 448 Å². The predicted molar refractivity (Wildman–Crippen MR) is 324 cm³/mol. The molecule has 0 saturated heterocycles. The number of nitrogens with zero attached hydrogens (tertiary/aromatic N) is 2. The minimum Gasteiger partial charge on any atom is -0.334 e. The van der Waals surface area contributed by atoms with Gasteiger partial charge in [0.15, 0.2) is 0 Å². The molecule has 76 heavy (non-hydrogen) atoms. The molecule has 2 fully saturated rings. The van der Waals surface area contributed by atoms with E-state index in [-0.39, 0.29) is 21.9 Å². The van der Waals surface area contributed by atoms with E-state index in [1.165, 1.54) is 173 Å². The van der Waals surface area contributed by atoms with Crippen LogP contribution in [-0.4, -0.2) is 11.1 Å². The van der Waals surface area contributed by atoms with E-state index in [0.29, 0.717) is 0 Å². The first-order valence-electron chi connectivity index (χ1n) is 28.2. The molecule has 0 radical (unpaired) electrons. The van der Waals surface area contributed by atoms with E-state index < -0.39 is 0 Å². The molecule has 0 spiro atoms. The van der Waals surface area contributed by atoms with Crippen molar-refractivity contribution >= 4 is 65.8 Å². The third-order valence-electron chi connectivity index (χ3n) is 20.2. The van der Waals surface area contributed by atoms with Crippen molar-refractivity contribution < 1.29 is 0 Å². The lowest BCUT2D eigenvalue weighted by Crippen LogP contribution is -2.54. The SMILES string of the molecule is CC12CCCCC1(C)N(c1ccccc1)c1ccc(-c3cccc4c(-c5c6ccccc6c(-c6cccc7c(-c8ccc9c(c8)C8(C)CCCCC8(C)N9c8ccccc8)cccc67)c6ccccc56)cccc34)cc12. The normalized spacial score (nSPS) is 22.7. The zero-order valence-corrected chi connectivity index (χ0v) is 44.3. The van der Waals surface area contributed by atoms with Crippen LogP contribution in [0.4, 0.5) is 22.7 Å². The average molecular weight is 981 g/mol. The van der Waals surface area contributed by atoms with Crippen molar-refractivity contribution in [2.24, 2.45) is 0 Å². The first-order chi connectivity index (χ1) is 37.2. The van der Waals surface area contributed by atoms with E-state index in [2.05, 4.69) is 256 Å². The van der Waals surface area contributed by atoms with Crippen molar-refractivity contribution in [2.75, 3.05) is 9.80 Å². The van der Waals surface area contributed by atoms with E-state index in [4.69, 9.17) is 0 Å². The molecule has 0 N–H and O–H groups in total. The quantitative estimate of drug-likeness (QED) is 0.153. The van der Waals surface area contributed by atoms with Crippen LogP contribution >= 0.6 is 0 Å². The van der Waals surface area contributed by atoms with Crippen LogP contribution in [-0.2, 0) is 10.8 Å². The van der Waals surface area contributed by atoms with Gasteiger partial charge in [-0.15, -0.1) is 0 Å². The summed E-state index contributed by atoms with van der Waals surface area (Å²) in [6.07, 6.45) is 9.82. The van der Waals surface area contributed by atoms with Crippen molar-refractivity contribution in [1.82, 2.24) is 0 Å². The molecule has 0 aromatic heterocycles. The minimum absolute atomic E-state index is 0.00611. The molecule has 15 rings (SSSR count). The minimum atomic E-state index is 0.00611. The maximum absolute atomic E-state index is 2.68. The smallest absolute Gasteiger partial charge is 0.0517 e. The maximum Gasteiger partial charge on any atom is 0.0517 e. The van der Waals surface area contributed by atoms with Crippen molar-refractivity contribution in [3.8, 4) is 44.5 Å². The van der Waals surface area contributed by atoms with Crippen LogP contribution in [0.5, 0.6) is 0 Å². The Kier molecular flexibility index (Phi) is 10.0. The second-order valence-electron chi connectivity index (χ2n) is 23.7. The molecule has 2 aliphatic carbocycles. The van der Waals surface area contributed by atoms with Crippen molar-refractivity contribution in [2.45, 2.75) is 101 Å². The Hall–Kier alpha value is -7.94. The van der Waals surface area contributed by atoms with Crippen LogP contribution in [0.15, 0.2) is 218 Å². The third kappa shape index (κ3) is 6.22. The number of fused-ring (bicyclic) bond motifs is 10. The number of rotatable bonds is 6. The van der Waals surface area contributed by atoms with Gasteiger partial charge in [0.1, 0.15) is 0 Å². The Bertz CT molecular complexity index is 3830. The van der Waals surface area contributed by atoms with Gasteiger partial charge >= 0.3 is 0 Å². The van der Waals surface area contributed by atoms with Crippen LogP contribution < -0.4 is 9.80 Å². The highest BCUT2D eigenvalue weighted by Gasteiger charge is 2.59. The first kappa shape index (κ1) is 45.5. The standard InChI is InChI=1S/C74H64N2/c1-71-43-15-17-45-73(71,3)75(51-23-7-5-8-24-51)67-41-39-49(47-65(67)71)53-31-19-35-57-55(53)33-21-37-59(57)69-61-27-11-13-29-63(61)70(64-30-14-12-28-62(64)69)60-38-22-34-56-54(32-20-36-58(56)60)50-40-42-68-66(48-50)72(2)44-16-18-46-74(72,4)76(68)52-25-9-6-10-26-52/h5-14,19-42,47-48H,15-18,43-46H2,1-4H3. The van der Waals surface area contributed by atoms with Crippen LogP contribution in [0.2, 0.25) is 0 Å². The Morgan fingerprint density at radius 1 is 0.289 bits per heavy atom. The molecular formula is C74H64N2. The Morgan fingerprint density at radius 3 is 0.987 bits per heavy atom. The second kappa shape index (κ2) is 16.8. The number of hydrogen-bond acceptors (Lipinski definition) is 2. The summed E-state index contributed by atoms with van der Waals surface area (Å²) >= 11 is 0. The van der Waals surface area contributed by atoms with Gasteiger partial charge in [0.05, 0.1) is 11.1 Å². The molecule has 2 heteroatoms. The number of benzene rings is 11. The van der Waals surface area contributed by atoms with Crippen LogP contribution in [0, 0.1) is 0 Å². The third-order valence-corrected chi connectivity index (χ3v) is 20.2. The summed E-state index contributed by atoms with van der Waals surface area (Å²) in [5, 5.41) is 10.2. The number of hydrogen-bond donors (Lipinski definition) is 0. The molecule has 2 aliphatic heterocycles. The van der Waals surface area contributed by atoms with E-state index in [9.17, 15) is 0 Å². The molecule has 11 aromatic carbocycles. The molecule has 4 unspecified atom stereocenters. The monoisotopic (exact) mass is 981 g/mol. The first-order valence-corrected chi connectivity index (χ1v) is 28.2. The topological polar surface area (TPSA) is 6.48 Å². The fraction of sp³-hybridized carbons (Fsp3) is 0.216. The molecule has 4 atom stereocenters. The Morgan fingerprint density at radius 2 is 0.605 bits per heavy atom. The highest BCUT2D eigenvalue weighted by molar-refractivity contribution is 6.26. The lowest BCUT2D eigenvalue weighted by Gasteiger charge is -2.50. The fourth-order valence-corrected chi connectivity index (χ4v) is 16.0. The number of para-hydroxylation sites is 2. The molecule has 2 saturated carbocycles. The summed E-state index contributed by atoms with van der Waals surface area (Å²) < 4.78 is 0. The van der Waals surface area contributed by atoms with Gasteiger partial charge in [-0.1, -0.05) is 209 Å². The number of anilines is 4. The molecular weight excluding hydrogens is 917 g/mol. The van der Waals surface area contributed by atoms with E-state index in [1.807, 2.05) is 0 Å². The summed E-state index contributed by atoms with van der Waals surface area (Å²) in [7, 11) is 0. The van der Waals surface area contributed by atoms with Crippen LogP contribution in [0.1, 0.15) is 90.2 Å². The molecule has 11 aromatic rings. The largest absolute Gasteiger partial charge is 0.334 e. The van der Waals surface area contributed by atoms with Gasteiger partial charge in [-0.3, -0.25) is 0 Å². The van der Waals surface area contributed by atoms with Crippen molar-refractivity contribution in [3.05, 3.63) is 230 Å². The van der Waals surface area contributed by atoms with Gasteiger partial charge in [0, 0.05) is 33.6 Å². The zero-order chi connectivity index (χ0) is 51.0. The zero-order valence-electron chi connectivity index (χ0n) is 44.3. The van der Waals surface area contributed by atoms with Gasteiger partial charge in [-0.25, -0.2) is 0 Å². The summed E-state index contributed by atoms with van der Waals surface area (Å²) in [5.41, 5.74) is 18.7. The summed E-state index contributed by atoms with van der Waals surface area (Å²) in [6.45, 7) is 10.2. The van der Waals surface area contributed by atoms with Crippen LogP contribution in [0.3, 0.4) is 0 Å². The second-order valence-corrected chi connectivity index (χ2v) is 23.7. The highest BCUT2D eigenvalue weighted by Crippen LogP contribution is 2.63. The lowest BCUT2D eigenvalue weighted by molar-refractivity contribution is 0.195. The van der Waals surface area contributed by atoms with Gasteiger partial charge in [-0.05, 0) is 187 Å². The summed E-state index contributed by atoms with van der Waals surface area (Å²) in [5.74, 6) is 0. The van der Waals surface area contributed by atoms with E-state index in [1.54, 1.807) is 0 Å². The molecule has 0 bridgehead atoms. The predicted octanol–water partition coefficient (Wildman–Crippen LogP) is 20.5. The summed E-state index contributed by atoms with van der Waals surface area (Å²) in [6, 6.07) is 83.4. The van der Waals surface area contributed by atoms with Gasteiger partial charge in [0.25, 0.3) is 0 Å². The lowest BCUT2D eigenvalue weighted by atomic mass is 9.61. The Balaban J connectivity index is 0.877. The van der Waals surface area contributed by atoms with Gasteiger partial charge in [-0.2, -0.15) is 0 Å².